The lowest BCUT2D eigenvalue weighted by atomic mass is 9.86. The quantitative estimate of drug-likeness (QED) is 0.556. The van der Waals surface area contributed by atoms with E-state index in [9.17, 15) is 9.59 Å². The number of fused-ring (bicyclic) bond motifs is 1. The molecule has 0 saturated carbocycles. The van der Waals surface area contributed by atoms with Gasteiger partial charge in [-0.1, -0.05) is 39.0 Å². The van der Waals surface area contributed by atoms with Gasteiger partial charge in [0.15, 0.2) is 5.69 Å². The van der Waals surface area contributed by atoms with Crippen molar-refractivity contribution in [2.45, 2.75) is 52.6 Å². The Balaban J connectivity index is 1.82. The summed E-state index contributed by atoms with van der Waals surface area (Å²) in [5.41, 5.74) is 0.762. The van der Waals surface area contributed by atoms with Gasteiger partial charge in [0.2, 0.25) is 5.91 Å². The van der Waals surface area contributed by atoms with Crippen LogP contribution in [0.25, 0.3) is 10.9 Å². The largest absolute Gasteiger partial charge is 0.396 e. The third-order valence-electron chi connectivity index (χ3n) is 5.68. The lowest BCUT2D eigenvalue weighted by Gasteiger charge is -2.30. The van der Waals surface area contributed by atoms with Crippen LogP contribution >= 0.6 is 0 Å². The second-order valence-corrected chi connectivity index (χ2v) is 9.24. The van der Waals surface area contributed by atoms with E-state index in [0.29, 0.717) is 24.6 Å². The van der Waals surface area contributed by atoms with Gasteiger partial charge in [0, 0.05) is 38.3 Å². The summed E-state index contributed by atoms with van der Waals surface area (Å²) >= 11 is 0. The lowest BCUT2D eigenvalue weighted by Crippen LogP contribution is -2.53. The zero-order valence-electron chi connectivity index (χ0n) is 18.7. The molecular weight excluding hydrogens is 396 g/mol. The number of benzene rings is 1. The molecule has 0 radical (unpaired) electrons. The Kier molecular flexibility index (Phi) is 7.67. The molecule has 1 saturated heterocycles. The molecular formula is C23H34N4O4. The van der Waals surface area contributed by atoms with Crippen LogP contribution in [0.3, 0.4) is 0 Å². The molecule has 0 bridgehead atoms. The number of aliphatic hydroxyl groups excluding tert-OH is 1. The minimum absolute atomic E-state index is 0.00334. The fraction of sp³-hybridized carbons (Fsp3) is 0.609. The molecule has 1 aliphatic rings. The molecule has 3 rings (SSSR count). The Morgan fingerprint density at radius 3 is 2.65 bits per heavy atom. The van der Waals surface area contributed by atoms with Crippen LogP contribution in [0.1, 0.15) is 50.5 Å². The highest BCUT2D eigenvalue weighted by Gasteiger charge is 2.34. The number of carbonyl (C=O) groups excluding carboxylic acids is 2. The molecule has 170 valence electrons. The molecule has 8 nitrogen and oxygen atoms in total. The number of hydrogen-bond acceptors (Lipinski definition) is 5. The summed E-state index contributed by atoms with van der Waals surface area (Å²) in [5, 5.41) is 20.1. The minimum Gasteiger partial charge on any atom is -0.396 e. The van der Waals surface area contributed by atoms with Crippen LogP contribution in [0, 0.1) is 11.3 Å². The van der Waals surface area contributed by atoms with Crippen LogP contribution in [0.5, 0.6) is 0 Å². The topological polar surface area (TPSA) is 105 Å². The van der Waals surface area contributed by atoms with Gasteiger partial charge in [-0.15, -0.1) is 0 Å². The molecule has 0 unspecified atom stereocenters. The van der Waals surface area contributed by atoms with Gasteiger partial charge < -0.3 is 20.5 Å². The molecule has 1 aliphatic heterocycles. The number of hydrogen-bond donors (Lipinski definition) is 3. The molecule has 8 heteroatoms. The highest BCUT2D eigenvalue weighted by atomic mass is 16.5. The first-order chi connectivity index (χ1) is 14.8. The average Bonchev–Trinajstić information content (AvgIpc) is 3.10. The summed E-state index contributed by atoms with van der Waals surface area (Å²) in [4.78, 5) is 25.9. The number of nitrogens with zero attached hydrogens (tertiary/aromatic N) is 2. The summed E-state index contributed by atoms with van der Waals surface area (Å²) < 4.78 is 7.37. The van der Waals surface area contributed by atoms with Crippen molar-refractivity contribution < 1.29 is 19.4 Å². The Bertz CT molecular complexity index is 897. The zero-order chi connectivity index (χ0) is 22.4. The van der Waals surface area contributed by atoms with E-state index in [2.05, 4.69) is 15.7 Å². The zero-order valence-corrected chi connectivity index (χ0v) is 18.7. The van der Waals surface area contributed by atoms with E-state index in [-0.39, 0.29) is 18.4 Å². The number of carbonyl (C=O) groups is 2. The predicted octanol–water partition coefficient (Wildman–Crippen LogP) is 2.11. The van der Waals surface area contributed by atoms with Crippen LogP contribution < -0.4 is 10.6 Å². The smallest absolute Gasteiger partial charge is 0.273 e. The monoisotopic (exact) mass is 430 g/mol. The van der Waals surface area contributed by atoms with Crippen LogP contribution in [0.4, 0.5) is 0 Å². The van der Waals surface area contributed by atoms with E-state index in [0.717, 1.165) is 43.5 Å². The summed E-state index contributed by atoms with van der Waals surface area (Å²) in [6.07, 6.45) is 2.43. The van der Waals surface area contributed by atoms with Crippen LogP contribution in [0.2, 0.25) is 0 Å². The standard InChI is InChI=1S/C23H34N4O4/c1-23(2,3)20(22(30)24-11-6-12-28)25-21(29)19-17-7-4-5-8-18(17)27(26-19)15-16-9-13-31-14-10-16/h4-5,7-8,16,20,28H,6,9-15H2,1-3H3,(H,24,30)(H,25,29)/t20-/m1/s1. The molecule has 0 spiro atoms. The molecule has 2 amide bonds. The number of ether oxygens (including phenoxy) is 1. The van der Waals surface area contributed by atoms with Gasteiger partial charge in [0.1, 0.15) is 6.04 Å². The maximum atomic E-state index is 13.2. The maximum absolute atomic E-state index is 13.2. The van der Waals surface area contributed by atoms with Gasteiger partial charge in [0.05, 0.1) is 5.52 Å². The number of rotatable bonds is 8. The second kappa shape index (κ2) is 10.2. The van der Waals surface area contributed by atoms with Crippen molar-refractivity contribution in [1.82, 2.24) is 20.4 Å². The van der Waals surface area contributed by atoms with Crippen LogP contribution in [-0.2, 0) is 16.1 Å². The fourth-order valence-electron chi connectivity index (χ4n) is 3.88. The van der Waals surface area contributed by atoms with Gasteiger partial charge in [-0.05, 0) is 36.7 Å². The van der Waals surface area contributed by atoms with E-state index in [1.807, 2.05) is 49.7 Å². The van der Waals surface area contributed by atoms with E-state index in [4.69, 9.17) is 9.84 Å². The van der Waals surface area contributed by atoms with Crippen molar-refractivity contribution in [2.75, 3.05) is 26.4 Å². The van der Waals surface area contributed by atoms with Gasteiger partial charge in [-0.3, -0.25) is 14.3 Å². The van der Waals surface area contributed by atoms with Gasteiger partial charge >= 0.3 is 0 Å². The van der Waals surface area contributed by atoms with Gasteiger partial charge in [0.25, 0.3) is 5.91 Å². The number of para-hydroxylation sites is 1. The van der Waals surface area contributed by atoms with E-state index in [1.54, 1.807) is 0 Å². The van der Waals surface area contributed by atoms with Crippen molar-refractivity contribution in [3.05, 3.63) is 30.0 Å². The van der Waals surface area contributed by atoms with Crippen molar-refractivity contribution in [3.63, 3.8) is 0 Å². The van der Waals surface area contributed by atoms with E-state index in [1.165, 1.54) is 0 Å². The number of aromatic nitrogens is 2. The maximum Gasteiger partial charge on any atom is 0.273 e. The highest BCUT2D eigenvalue weighted by Crippen LogP contribution is 2.24. The molecule has 1 aromatic heterocycles. The lowest BCUT2D eigenvalue weighted by molar-refractivity contribution is -0.125. The Morgan fingerprint density at radius 1 is 1.26 bits per heavy atom. The molecule has 2 heterocycles. The fourth-order valence-corrected chi connectivity index (χ4v) is 3.88. The van der Waals surface area contributed by atoms with Crippen LogP contribution in [-0.4, -0.2) is 59.1 Å². The first-order valence-corrected chi connectivity index (χ1v) is 11.0. The average molecular weight is 431 g/mol. The van der Waals surface area contributed by atoms with Crippen molar-refractivity contribution in [3.8, 4) is 0 Å². The van der Waals surface area contributed by atoms with Crippen molar-refractivity contribution >= 4 is 22.7 Å². The molecule has 1 atom stereocenters. The molecule has 0 aliphatic carbocycles. The SMILES string of the molecule is CC(C)(C)[C@H](NC(=O)c1nn(CC2CCOCC2)c2ccccc12)C(=O)NCCCO. The first kappa shape index (κ1) is 23.2. The summed E-state index contributed by atoms with van der Waals surface area (Å²) in [6, 6.07) is 6.98. The minimum atomic E-state index is -0.724. The third-order valence-corrected chi connectivity index (χ3v) is 5.68. The number of nitrogens with one attached hydrogen (secondary N) is 2. The van der Waals surface area contributed by atoms with E-state index >= 15 is 0 Å². The summed E-state index contributed by atoms with van der Waals surface area (Å²) in [6.45, 7) is 8.35. The normalized spacial score (nSPS) is 16.3. The van der Waals surface area contributed by atoms with Crippen LogP contribution in [0.15, 0.2) is 24.3 Å². The second-order valence-electron chi connectivity index (χ2n) is 9.24. The third kappa shape index (κ3) is 5.83. The number of amides is 2. The molecule has 1 aromatic carbocycles. The van der Waals surface area contributed by atoms with Crippen molar-refractivity contribution in [2.24, 2.45) is 11.3 Å². The molecule has 3 N–H and O–H groups in total. The number of aliphatic hydroxyl groups is 1. The van der Waals surface area contributed by atoms with Gasteiger partial charge in [-0.2, -0.15) is 5.10 Å². The Morgan fingerprint density at radius 2 is 1.97 bits per heavy atom. The predicted molar refractivity (Wildman–Crippen MR) is 119 cm³/mol. The van der Waals surface area contributed by atoms with Crippen molar-refractivity contribution in [1.29, 1.82) is 0 Å². The Hall–Kier alpha value is -2.45. The highest BCUT2D eigenvalue weighted by molar-refractivity contribution is 6.06. The van der Waals surface area contributed by atoms with Gasteiger partial charge in [-0.25, -0.2) is 0 Å². The molecule has 1 fully saturated rings. The molecule has 31 heavy (non-hydrogen) atoms. The van der Waals surface area contributed by atoms with E-state index < -0.39 is 11.5 Å². The first-order valence-electron chi connectivity index (χ1n) is 11.0. The Labute approximate surface area is 183 Å². The summed E-state index contributed by atoms with van der Waals surface area (Å²) in [7, 11) is 0. The summed E-state index contributed by atoms with van der Waals surface area (Å²) in [5.74, 6) is -0.160. The molecule has 2 aromatic rings.